The molecule has 2 unspecified atom stereocenters. The summed E-state index contributed by atoms with van der Waals surface area (Å²) >= 11 is 0. The van der Waals surface area contributed by atoms with Gasteiger partial charge in [-0.25, -0.2) is 0 Å². The minimum Gasteiger partial charge on any atom is -0.435 e. The molecule has 6 aliphatic rings. The van der Waals surface area contributed by atoms with Gasteiger partial charge in [0.2, 0.25) is 12.6 Å². The molecule has 0 aliphatic heterocycles. The fraction of sp³-hybridized carbons (Fsp3) is 0.941. The molecule has 40 heavy (non-hydrogen) atoms. The summed E-state index contributed by atoms with van der Waals surface area (Å²) in [5, 5.41) is 0. The van der Waals surface area contributed by atoms with E-state index in [0.717, 1.165) is 43.4 Å². The zero-order valence-electron chi connectivity index (χ0n) is 27.0. The van der Waals surface area contributed by atoms with Gasteiger partial charge in [-0.3, -0.25) is 9.59 Å². The van der Waals surface area contributed by atoms with Crippen molar-refractivity contribution in [2.45, 2.75) is 138 Å². The van der Waals surface area contributed by atoms with Gasteiger partial charge in [0, 0.05) is 25.0 Å². The zero-order valence-corrected chi connectivity index (χ0v) is 27.0. The molecular formula is C34H58O6. The molecule has 0 saturated heterocycles. The number of carbonyl (C=O) groups excluding carboxylic acids is 2. The van der Waals surface area contributed by atoms with Crippen LogP contribution in [-0.4, -0.2) is 38.7 Å². The molecule has 6 heteroatoms. The van der Waals surface area contributed by atoms with E-state index < -0.39 is 10.8 Å². The summed E-state index contributed by atoms with van der Waals surface area (Å²) in [5.41, 5.74) is -0.733. The molecule has 0 N–H and O–H groups in total. The third-order valence-corrected chi connectivity index (χ3v) is 12.4. The molecule has 230 valence electrons. The van der Waals surface area contributed by atoms with Crippen molar-refractivity contribution in [1.29, 1.82) is 0 Å². The Bertz CT molecular complexity index is 870. The summed E-state index contributed by atoms with van der Waals surface area (Å²) in [7, 11) is 3.37. The van der Waals surface area contributed by atoms with Crippen LogP contribution in [0.4, 0.5) is 0 Å². The van der Waals surface area contributed by atoms with Gasteiger partial charge in [0.05, 0.1) is 10.8 Å². The first kappa shape index (κ1) is 31.8. The highest BCUT2D eigenvalue weighted by molar-refractivity contribution is 5.76. The van der Waals surface area contributed by atoms with E-state index in [2.05, 4.69) is 6.92 Å². The predicted molar refractivity (Wildman–Crippen MR) is 156 cm³/mol. The zero-order chi connectivity index (χ0) is 29.5. The lowest BCUT2D eigenvalue weighted by atomic mass is 9.45. The van der Waals surface area contributed by atoms with E-state index in [4.69, 9.17) is 18.9 Å². The van der Waals surface area contributed by atoms with E-state index in [-0.39, 0.29) is 35.3 Å². The van der Waals surface area contributed by atoms with Crippen LogP contribution in [0.3, 0.4) is 0 Å². The van der Waals surface area contributed by atoms with Crippen LogP contribution < -0.4 is 0 Å². The Kier molecular flexibility index (Phi) is 9.42. The van der Waals surface area contributed by atoms with Crippen LogP contribution >= 0.6 is 0 Å². The first-order valence-electron chi connectivity index (χ1n) is 16.2. The number of methoxy groups -OCH3 is 2. The van der Waals surface area contributed by atoms with Crippen LogP contribution in [0.25, 0.3) is 0 Å². The Morgan fingerprint density at radius 3 is 1.50 bits per heavy atom. The van der Waals surface area contributed by atoms with Gasteiger partial charge in [-0.1, -0.05) is 20.8 Å². The number of fused-ring (bicyclic) bond motifs is 2. The second-order valence-electron chi connectivity index (χ2n) is 15.6. The first-order chi connectivity index (χ1) is 18.7. The highest BCUT2D eigenvalue weighted by atomic mass is 16.7. The molecule has 0 aromatic carbocycles. The molecule has 2 atom stereocenters. The number of hydrogen-bond donors (Lipinski definition) is 0. The fourth-order valence-electron chi connectivity index (χ4n) is 8.81. The van der Waals surface area contributed by atoms with Gasteiger partial charge in [-0.15, -0.1) is 0 Å². The van der Waals surface area contributed by atoms with Crippen LogP contribution in [0.2, 0.25) is 0 Å². The highest BCUT2D eigenvalue weighted by Gasteiger charge is 2.59. The van der Waals surface area contributed by atoms with Gasteiger partial charge in [-0.05, 0) is 134 Å². The quantitative estimate of drug-likeness (QED) is 0.199. The maximum absolute atomic E-state index is 12.5. The summed E-state index contributed by atoms with van der Waals surface area (Å²) in [6.07, 6.45) is 13.5. The van der Waals surface area contributed by atoms with Crippen LogP contribution in [0.5, 0.6) is 0 Å². The molecule has 0 aromatic rings. The van der Waals surface area contributed by atoms with Crippen molar-refractivity contribution in [2.75, 3.05) is 14.2 Å². The van der Waals surface area contributed by atoms with Crippen molar-refractivity contribution >= 4 is 11.9 Å². The molecule has 6 bridgehead atoms. The minimum absolute atomic E-state index is 0.00164. The monoisotopic (exact) mass is 562 g/mol. The lowest BCUT2D eigenvalue weighted by Gasteiger charge is -2.61. The van der Waals surface area contributed by atoms with Gasteiger partial charge in [-0.2, -0.15) is 0 Å². The van der Waals surface area contributed by atoms with Crippen LogP contribution in [-0.2, 0) is 28.5 Å². The molecule has 0 amide bonds. The summed E-state index contributed by atoms with van der Waals surface area (Å²) < 4.78 is 22.9. The molecule has 6 nitrogen and oxygen atoms in total. The first-order valence-corrected chi connectivity index (χ1v) is 16.2. The smallest absolute Gasteiger partial charge is 0.313 e. The molecule has 0 heterocycles. The Balaban J connectivity index is 0.000000189. The third kappa shape index (κ3) is 5.87. The Labute approximate surface area is 244 Å². The molecule has 6 rings (SSSR count). The van der Waals surface area contributed by atoms with Crippen molar-refractivity contribution in [2.24, 2.45) is 51.2 Å². The van der Waals surface area contributed by atoms with Crippen LogP contribution in [0.15, 0.2) is 0 Å². The van der Waals surface area contributed by atoms with Gasteiger partial charge in [0.25, 0.3) is 0 Å². The maximum atomic E-state index is 12.5. The van der Waals surface area contributed by atoms with Crippen LogP contribution in [0.1, 0.15) is 126 Å². The predicted octanol–water partition coefficient (Wildman–Crippen LogP) is 7.92. The number of ether oxygens (including phenoxy) is 4. The lowest BCUT2D eigenvalue weighted by molar-refractivity contribution is -0.256. The van der Waals surface area contributed by atoms with Gasteiger partial charge >= 0.3 is 11.9 Å². The van der Waals surface area contributed by atoms with E-state index in [1.54, 1.807) is 14.2 Å². The average molecular weight is 563 g/mol. The number of rotatable bonds is 10. The number of hydrogen-bond acceptors (Lipinski definition) is 6. The highest BCUT2D eigenvalue weighted by Crippen LogP contribution is 2.64. The van der Waals surface area contributed by atoms with E-state index in [9.17, 15) is 9.59 Å². The van der Waals surface area contributed by atoms with Crippen molar-refractivity contribution in [3.8, 4) is 0 Å². The average Bonchev–Trinajstić information content (AvgIpc) is 3.55. The Morgan fingerprint density at radius 2 is 1.15 bits per heavy atom. The fourth-order valence-corrected chi connectivity index (χ4v) is 8.81. The summed E-state index contributed by atoms with van der Waals surface area (Å²) in [6.45, 7) is 14.2. The summed E-state index contributed by atoms with van der Waals surface area (Å²) in [5.74, 6) is 3.74. The minimum atomic E-state index is -0.431. The van der Waals surface area contributed by atoms with E-state index in [1.807, 2.05) is 41.5 Å². The third-order valence-electron chi connectivity index (χ3n) is 12.4. The summed E-state index contributed by atoms with van der Waals surface area (Å²) in [4.78, 5) is 24.7. The lowest BCUT2D eigenvalue weighted by Crippen LogP contribution is -2.58. The van der Waals surface area contributed by atoms with E-state index in [1.165, 1.54) is 51.4 Å². The molecule has 6 saturated carbocycles. The molecule has 0 aromatic heterocycles. The van der Waals surface area contributed by atoms with Crippen molar-refractivity contribution in [3.63, 3.8) is 0 Å². The summed E-state index contributed by atoms with van der Waals surface area (Å²) in [6, 6.07) is 0. The molecule has 0 spiro atoms. The molecule has 6 aliphatic carbocycles. The standard InChI is InChI=1S/C19H32O3.C15H26O3/c1-6-18(2,3)16(20)22-17(21-5)19(4)14-8-12-7-13(10-14)11-15(19)9-12;1-5-14(2,3)12(16)18-13(17-4)15-8-6-11(10-15)7-9-15/h12-15,17H,6-11H2,1-5H3;11,13H,5-10H2,1-4H3. The van der Waals surface area contributed by atoms with Crippen molar-refractivity contribution < 1.29 is 28.5 Å². The maximum Gasteiger partial charge on any atom is 0.313 e. The van der Waals surface area contributed by atoms with Crippen molar-refractivity contribution in [1.82, 2.24) is 0 Å². The SMILES string of the molecule is CCC(C)(C)C(=O)OC(OC)C1(C)C2CC3CC(C2)CC1C3.CCC(C)(C)C(=O)OC(OC)C12CCC(CC1)C2. The van der Waals surface area contributed by atoms with E-state index >= 15 is 0 Å². The van der Waals surface area contributed by atoms with Crippen molar-refractivity contribution in [3.05, 3.63) is 0 Å². The van der Waals surface area contributed by atoms with Crippen LogP contribution in [0, 0.1) is 51.2 Å². The van der Waals surface area contributed by atoms with Gasteiger partial charge in [0.1, 0.15) is 0 Å². The number of carbonyl (C=O) groups is 2. The molecule has 6 fully saturated rings. The number of esters is 2. The Morgan fingerprint density at radius 1 is 0.725 bits per heavy atom. The normalized spacial score (nSPS) is 37.5. The van der Waals surface area contributed by atoms with E-state index in [0.29, 0.717) is 11.8 Å². The Hall–Kier alpha value is -1.14. The largest absolute Gasteiger partial charge is 0.435 e. The second kappa shape index (κ2) is 11.9. The van der Waals surface area contributed by atoms with Gasteiger partial charge < -0.3 is 18.9 Å². The molecular weight excluding hydrogens is 504 g/mol. The second-order valence-corrected chi connectivity index (χ2v) is 15.6. The molecule has 0 radical (unpaired) electrons. The topological polar surface area (TPSA) is 71.1 Å². The van der Waals surface area contributed by atoms with Gasteiger partial charge in [0.15, 0.2) is 0 Å².